The molecule has 1 heterocycles. The van der Waals surface area contributed by atoms with Crippen LogP contribution in [-0.2, 0) is 27.8 Å². The first-order valence-electron chi connectivity index (χ1n) is 7.41. The number of hydrogen-bond acceptors (Lipinski definition) is 5. The predicted octanol–water partition coefficient (Wildman–Crippen LogP) is 0.847. The highest BCUT2D eigenvalue weighted by molar-refractivity contribution is 5.86. The Hall–Kier alpha value is -1.80. The lowest BCUT2D eigenvalue weighted by Crippen LogP contribution is -2.40. The van der Waals surface area contributed by atoms with Crippen molar-refractivity contribution in [2.24, 2.45) is 18.5 Å². The molecular weight excluding hydrogens is 357 g/mol. The van der Waals surface area contributed by atoms with Gasteiger partial charge in [-0.25, -0.2) is 0 Å². The summed E-state index contributed by atoms with van der Waals surface area (Å²) in [5, 5.41) is 9.57. The lowest BCUT2D eigenvalue weighted by molar-refractivity contribution is -0.149. The largest absolute Gasteiger partial charge is 0.480 e. The molecule has 1 aromatic heterocycles. The maximum Gasteiger partial charge on any atom is 0.324 e. The number of para-hydroxylation sites is 1. The number of hydrogen-bond donors (Lipinski definition) is 3. The van der Waals surface area contributed by atoms with E-state index in [1.165, 1.54) is 0 Å². The summed E-state index contributed by atoms with van der Waals surface area (Å²) < 4.78 is 14.1. The number of halogens is 2. The number of carboxylic acid groups (broad SMARTS) is 1. The number of nitrogens with zero attached hydrogens (tertiary/aromatic N) is 1. The molecule has 0 bridgehead atoms. The second-order valence-electron chi connectivity index (χ2n) is 5.03. The first kappa shape index (κ1) is 20.2. The number of nitrogens with two attached hydrogens (primary N) is 2. The van der Waals surface area contributed by atoms with Crippen LogP contribution in [0.25, 0.3) is 10.9 Å². The zero-order valence-electron chi connectivity index (χ0n) is 13.8. The van der Waals surface area contributed by atoms with E-state index in [2.05, 4.69) is 0 Å². The van der Waals surface area contributed by atoms with Gasteiger partial charge in [-0.1, -0.05) is 18.2 Å². The van der Waals surface area contributed by atoms with E-state index in [0.29, 0.717) is 0 Å². The van der Waals surface area contributed by atoms with Crippen molar-refractivity contribution in [3.63, 3.8) is 0 Å². The minimum Gasteiger partial charge on any atom is -0.480 e. The Labute approximate surface area is 153 Å². The molecule has 0 aliphatic carbocycles. The fourth-order valence-electron chi connectivity index (χ4n) is 2.16. The average Bonchev–Trinajstić information content (AvgIpc) is 2.90. The first-order chi connectivity index (χ1) is 10.9. The standard InChI is InChI=1S/C15H19N3O4.2ClH/c1-18-7-9(10-4-2-3-5-13(10)18)6-11(16)15(21)22-8-12(17)14(19)20;;/h2-5,7,11-12H,6,8,16-17H2,1H3,(H,19,20);2*1H/t11-,12-;;/m0../s1/i1D;;. The quantitative estimate of drug-likeness (QED) is 0.640. The molecule has 0 saturated carbocycles. The highest BCUT2D eigenvalue weighted by atomic mass is 35.5. The van der Waals surface area contributed by atoms with Crippen LogP contribution < -0.4 is 11.5 Å². The van der Waals surface area contributed by atoms with E-state index < -0.39 is 30.6 Å². The van der Waals surface area contributed by atoms with Crippen LogP contribution in [0, 0.1) is 0 Å². The number of aromatic nitrogens is 1. The van der Waals surface area contributed by atoms with Crippen LogP contribution in [0.15, 0.2) is 30.5 Å². The van der Waals surface area contributed by atoms with Crippen LogP contribution in [-0.4, -0.2) is 40.3 Å². The lowest BCUT2D eigenvalue weighted by Gasteiger charge is -2.12. The Morgan fingerprint density at radius 2 is 1.96 bits per heavy atom. The van der Waals surface area contributed by atoms with Gasteiger partial charge in [0, 0.05) is 31.9 Å². The molecule has 0 aliphatic rings. The fourth-order valence-corrected chi connectivity index (χ4v) is 2.16. The van der Waals surface area contributed by atoms with Crippen LogP contribution >= 0.6 is 24.8 Å². The molecular formula is C15H21Cl2N3O4. The molecule has 5 N–H and O–H groups in total. The molecule has 134 valence electrons. The number of aliphatic carboxylic acids is 1. The summed E-state index contributed by atoms with van der Waals surface area (Å²) in [4.78, 5) is 22.4. The smallest absolute Gasteiger partial charge is 0.324 e. The van der Waals surface area contributed by atoms with Gasteiger partial charge in [-0.2, -0.15) is 0 Å². The molecule has 0 unspecified atom stereocenters. The summed E-state index contributed by atoms with van der Waals surface area (Å²) in [6.07, 6.45) is 2.02. The molecule has 0 radical (unpaired) electrons. The second kappa shape index (κ2) is 9.48. The highest BCUT2D eigenvalue weighted by Gasteiger charge is 2.20. The maximum absolute atomic E-state index is 11.8. The van der Waals surface area contributed by atoms with Crippen LogP contribution in [0.2, 0.25) is 0 Å². The molecule has 0 aliphatic heterocycles. The molecule has 2 atom stereocenters. The number of benzene rings is 1. The molecule has 0 amide bonds. The topological polar surface area (TPSA) is 121 Å². The average molecular weight is 379 g/mol. The van der Waals surface area contributed by atoms with Gasteiger partial charge in [0.15, 0.2) is 0 Å². The molecule has 0 fully saturated rings. The van der Waals surface area contributed by atoms with Crippen molar-refractivity contribution in [1.29, 1.82) is 0 Å². The Morgan fingerprint density at radius 3 is 2.58 bits per heavy atom. The van der Waals surface area contributed by atoms with E-state index in [0.717, 1.165) is 16.5 Å². The van der Waals surface area contributed by atoms with E-state index in [-0.39, 0.29) is 38.3 Å². The second-order valence-corrected chi connectivity index (χ2v) is 5.03. The molecule has 24 heavy (non-hydrogen) atoms. The van der Waals surface area contributed by atoms with Gasteiger partial charge < -0.3 is 25.9 Å². The van der Waals surface area contributed by atoms with Gasteiger partial charge >= 0.3 is 11.9 Å². The number of aryl methyl sites for hydroxylation is 1. The Morgan fingerprint density at radius 1 is 1.29 bits per heavy atom. The molecule has 0 saturated heterocycles. The van der Waals surface area contributed by atoms with E-state index in [4.69, 9.17) is 22.7 Å². The van der Waals surface area contributed by atoms with Crippen molar-refractivity contribution in [1.82, 2.24) is 4.57 Å². The van der Waals surface area contributed by atoms with Crippen molar-refractivity contribution >= 4 is 47.7 Å². The number of carbonyl (C=O) groups is 2. The molecule has 1 aromatic carbocycles. The third kappa shape index (κ3) is 5.10. The van der Waals surface area contributed by atoms with Gasteiger partial charge in [-0.3, -0.25) is 9.59 Å². The summed E-state index contributed by atoms with van der Waals surface area (Å²) >= 11 is 0. The summed E-state index contributed by atoms with van der Waals surface area (Å²) in [5.74, 6) is -1.95. The van der Waals surface area contributed by atoms with Crippen LogP contribution in [0.1, 0.15) is 6.93 Å². The number of ether oxygens (including phenoxy) is 1. The van der Waals surface area contributed by atoms with Gasteiger partial charge in [-0.05, 0) is 11.6 Å². The minimum absolute atomic E-state index is 0. The van der Waals surface area contributed by atoms with E-state index in [1.54, 1.807) is 10.8 Å². The van der Waals surface area contributed by atoms with E-state index in [9.17, 15) is 9.59 Å². The normalized spacial score (nSPS) is 13.2. The third-order valence-corrected chi connectivity index (χ3v) is 3.34. The van der Waals surface area contributed by atoms with Crippen molar-refractivity contribution in [2.75, 3.05) is 6.61 Å². The Balaban J connectivity index is 0.00000288. The zero-order chi connectivity index (χ0) is 17.0. The van der Waals surface area contributed by atoms with Crippen molar-refractivity contribution in [2.45, 2.75) is 18.5 Å². The molecule has 2 aromatic rings. The van der Waals surface area contributed by atoms with Crippen molar-refractivity contribution in [3.05, 3.63) is 36.0 Å². The fraction of sp³-hybridized carbons (Fsp3) is 0.333. The summed E-state index contributed by atoms with van der Waals surface area (Å²) in [6.45, 7) is -0.420. The number of esters is 1. The third-order valence-electron chi connectivity index (χ3n) is 3.34. The number of carbonyl (C=O) groups excluding carboxylic acids is 1. The van der Waals surface area contributed by atoms with Crippen LogP contribution in [0.5, 0.6) is 0 Å². The predicted molar refractivity (Wildman–Crippen MR) is 95.7 cm³/mol. The monoisotopic (exact) mass is 378 g/mol. The van der Waals surface area contributed by atoms with E-state index >= 15 is 0 Å². The molecule has 9 heteroatoms. The lowest BCUT2D eigenvalue weighted by atomic mass is 10.1. The zero-order valence-corrected chi connectivity index (χ0v) is 14.4. The van der Waals surface area contributed by atoms with Gasteiger partial charge in [0.2, 0.25) is 0 Å². The Bertz CT molecular complexity index is 726. The van der Waals surface area contributed by atoms with Gasteiger partial charge in [0.25, 0.3) is 0 Å². The number of fused-ring (bicyclic) bond motifs is 1. The first-order valence-corrected chi connectivity index (χ1v) is 6.70. The van der Waals surface area contributed by atoms with Gasteiger partial charge in [-0.15, -0.1) is 24.8 Å². The SMILES string of the molecule is Cl.Cl.[2H]Cn1cc(C[C@H](N)C(=O)OC[C@H](N)C(=O)O)c2ccccc21. The Kier molecular flexibility index (Phi) is 8.00. The maximum atomic E-state index is 11.8. The van der Waals surface area contributed by atoms with Crippen molar-refractivity contribution < 1.29 is 20.8 Å². The molecule has 0 spiro atoms. The number of carboxylic acids is 1. The summed E-state index contributed by atoms with van der Waals surface area (Å²) in [7, 11) is 0.0632. The summed E-state index contributed by atoms with van der Waals surface area (Å²) in [5.41, 5.74) is 12.8. The van der Waals surface area contributed by atoms with E-state index in [1.807, 2.05) is 24.3 Å². The molecule has 2 rings (SSSR count). The highest BCUT2D eigenvalue weighted by Crippen LogP contribution is 2.21. The van der Waals surface area contributed by atoms with Gasteiger partial charge in [0.1, 0.15) is 18.7 Å². The van der Waals surface area contributed by atoms with Crippen molar-refractivity contribution in [3.8, 4) is 0 Å². The van der Waals surface area contributed by atoms with Crippen LogP contribution in [0.4, 0.5) is 0 Å². The molecule has 7 nitrogen and oxygen atoms in total. The van der Waals surface area contributed by atoms with Gasteiger partial charge in [0.05, 0.1) is 0 Å². The number of rotatable bonds is 6. The van der Waals surface area contributed by atoms with Crippen LogP contribution in [0.3, 0.4) is 0 Å². The summed E-state index contributed by atoms with van der Waals surface area (Å²) in [6, 6.07) is 5.34. The minimum atomic E-state index is -1.27.